The molecule has 1 saturated heterocycles. The second-order valence-electron chi connectivity index (χ2n) is 5.94. The molecule has 0 aliphatic carbocycles. The zero-order valence-corrected chi connectivity index (χ0v) is 13.6. The summed E-state index contributed by atoms with van der Waals surface area (Å²) >= 11 is 0. The molecule has 1 aliphatic rings. The van der Waals surface area contributed by atoms with Crippen molar-refractivity contribution in [3.63, 3.8) is 0 Å². The highest BCUT2D eigenvalue weighted by molar-refractivity contribution is 5.81. The van der Waals surface area contributed by atoms with E-state index in [1.165, 1.54) is 0 Å². The molecule has 1 amide bonds. The Labute approximate surface area is 132 Å². The summed E-state index contributed by atoms with van der Waals surface area (Å²) in [6, 6.07) is 7.98. The predicted molar refractivity (Wildman–Crippen MR) is 86.1 cm³/mol. The number of morpholine rings is 1. The van der Waals surface area contributed by atoms with E-state index in [9.17, 15) is 4.79 Å². The normalized spacial score (nSPS) is 19.7. The topological polar surface area (TPSA) is 59.6 Å². The van der Waals surface area contributed by atoms with Gasteiger partial charge in [0, 0.05) is 19.1 Å². The van der Waals surface area contributed by atoms with E-state index >= 15 is 0 Å². The van der Waals surface area contributed by atoms with E-state index < -0.39 is 6.10 Å². The molecule has 0 spiro atoms. The van der Waals surface area contributed by atoms with E-state index in [4.69, 9.17) is 9.47 Å². The summed E-state index contributed by atoms with van der Waals surface area (Å²) in [5, 5.41) is 6.31. The molecule has 2 unspecified atom stereocenters. The van der Waals surface area contributed by atoms with Crippen LogP contribution in [0.3, 0.4) is 0 Å². The Hall–Kier alpha value is -1.59. The van der Waals surface area contributed by atoms with Crippen LogP contribution >= 0.6 is 0 Å². The third-order valence-corrected chi connectivity index (χ3v) is 3.98. The van der Waals surface area contributed by atoms with E-state index in [0.29, 0.717) is 19.1 Å². The zero-order valence-electron chi connectivity index (χ0n) is 13.6. The number of hydrogen-bond acceptors (Lipinski definition) is 4. The molecule has 122 valence electrons. The van der Waals surface area contributed by atoms with Gasteiger partial charge in [-0.2, -0.15) is 0 Å². The standard InChI is InChI=1S/C17H26N2O3/c1-12(2)14(10-13-6-4-5-7-15(13)21-3)19-17(20)16-11-18-8-9-22-16/h4-7,12,14,16,18H,8-11H2,1-3H3,(H,19,20). The summed E-state index contributed by atoms with van der Waals surface area (Å²) in [4.78, 5) is 12.4. The Bertz CT molecular complexity index is 485. The first-order chi connectivity index (χ1) is 10.6. The Morgan fingerprint density at radius 2 is 2.23 bits per heavy atom. The average molecular weight is 306 g/mol. The Kier molecular flexibility index (Phi) is 6.21. The van der Waals surface area contributed by atoms with Crippen LogP contribution in [0, 0.1) is 5.92 Å². The monoisotopic (exact) mass is 306 g/mol. The van der Waals surface area contributed by atoms with Crippen molar-refractivity contribution in [2.45, 2.75) is 32.4 Å². The first kappa shape index (κ1) is 16.8. The number of carbonyl (C=O) groups is 1. The van der Waals surface area contributed by atoms with Gasteiger partial charge in [0.2, 0.25) is 0 Å². The minimum atomic E-state index is -0.396. The number of nitrogens with one attached hydrogen (secondary N) is 2. The van der Waals surface area contributed by atoms with Gasteiger partial charge in [-0.3, -0.25) is 4.79 Å². The van der Waals surface area contributed by atoms with Gasteiger partial charge < -0.3 is 20.1 Å². The van der Waals surface area contributed by atoms with Crippen LogP contribution < -0.4 is 15.4 Å². The number of rotatable bonds is 6. The third kappa shape index (κ3) is 4.45. The van der Waals surface area contributed by atoms with Crippen molar-refractivity contribution in [2.24, 2.45) is 5.92 Å². The van der Waals surface area contributed by atoms with E-state index in [0.717, 1.165) is 24.3 Å². The molecular formula is C17H26N2O3. The van der Waals surface area contributed by atoms with Crippen LogP contribution in [0.15, 0.2) is 24.3 Å². The molecule has 1 aromatic carbocycles. The molecule has 2 rings (SSSR count). The Morgan fingerprint density at radius 3 is 2.86 bits per heavy atom. The second kappa shape index (κ2) is 8.15. The van der Waals surface area contributed by atoms with Crippen LogP contribution in [-0.4, -0.2) is 44.9 Å². The smallest absolute Gasteiger partial charge is 0.250 e. The first-order valence-electron chi connectivity index (χ1n) is 7.86. The molecule has 0 saturated carbocycles. The molecule has 1 aromatic rings. The van der Waals surface area contributed by atoms with Gasteiger partial charge in [-0.15, -0.1) is 0 Å². The molecule has 2 N–H and O–H groups in total. The summed E-state index contributed by atoms with van der Waals surface area (Å²) in [6.45, 7) is 6.18. The quantitative estimate of drug-likeness (QED) is 0.833. The minimum Gasteiger partial charge on any atom is -0.496 e. The number of carbonyl (C=O) groups excluding carboxylic acids is 1. The molecular weight excluding hydrogens is 280 g/mol. The molecule has 1 aliphatic heterocycles. The number of benzene rings is 1. The number of ether oxygens (including phenoxy) is 2. The summed E-state index contributed by atoms with van der Waals surface area (Å²) in [7, 11) is 1.67. The lowest BCUT2D eigenvalue weighted by molar-refractivity contribution is -0.135. The minimum absolute atomic E-state index is 0.0409. The lowest BCUT2D eigenvalue weighted by Crippen LogP contribution is -2.51. The van der Waals surface area contributed by atoms with Gasteiger partial charge in [-0.05, 0) is 24.0 Å². The van der Waals surface area contributed by atoms with Gasteiger partial charge in [-0.1, -0.05) is 32.0 Å². The molecule has 1 heterocycles. The maximum atomic E-state index is 12.4. The molecule has 1 fully saturated rings. The summed E-state index contributed by atoms with van der Waals surface area (Å²) < 4.78 is 10.9. The van der Waals surface area contributed by atoms with E-state index in [2.05, 4.69) is 24.5 Å². The van der Waals surface area contributed by atoms with Gasteiger partial charge in [0.15, 0.2) is 0 Å². The van der Waals surface area contributed by atoms with Crippen LogP contribution in [0.5, 0.6) is 5.75 Å². The predicted octanol–water partition coefficient (Wildman–Crippen LogP) is 1.37. The molecule has 2 atom stereocenters. The molecule has 5 heteroatoms. The van der Waals surface area contributed by atoms with E-state index in [1.807, 2.05) is 24.3 Å². The van der Waals surface area contributed by atoms with Gasteiger partial charge in [0.1, 0.15) is 11.9 Å². The van der Waals surface area contributed by atoms with Crippen LogP contribution in [0.25, 0.3) is 0 Å². The van der Waals surface area contributed by atoms with Gasteiger partial charge in [-0.25, -0.2) is 0 Å². The van der Waals surface area contributed by atoms with Gasteiger partial charge in [0.25, 0.3) is 5.91 Å². The highest BCUT2D eigenvalue weighted by atomic mass is 16.5. The van der Waals surface area contributed by atoms with Gasteiger partial charge >= 0.3 is 0 Å². The zero-order chi connectivity index (χ0) is 15.9. The summed E-state index contributed by atoms with van der Waals surface area (Å²) in [6.07, 6.45) is 0.348. The van der Waals surface area contributed by atoms with Crippen molar-refractivity contribution < 1.29 is 14.3 Å². The summed E-state index contributed by atoms with van der Waals surface area (Å²) in [5.74, 6) is 1.14. The lowest BCUT2D eigenvalue weighted by atomic mass is 9.95. The molecule has 0 bridgehead atoms. The number of para-hydroxylation sites is 1. The largest absolute Gasteiger partial charge is 0.496 e. The van der Waals surface area contributed by atoms with Crippen LogP contribution in [0.2, 0.25) is 0 Å². The van der Waals surface area contributed by atoms with Crippen LogP contribution in [0.1, 0.15) is 19.4 Å². The van der Waals surface area contributed by atoms with Crippen molar-refractivity contribution >= 4 is 5.91 Å². The Balaban J connectivity index is 2.01. The highest BCUT2D eigenvalue weighted by Crippen LogP contribution is 2.21. The van der Waals surface area contributed by atoms with Crippen molar-refractivity contribution in [2.75, 3.05) is 26.8 Å². The number of methoxy groups -OCH3 is 1. The van der Waals surface area contributed by atoms with Crippen molar-refractivity contribution in [1.29, 1.82) is 0 Å². The molecule has 22 heavy (non-hydrogen) atoms. The van der Waals surface area contributed by atoms with Crippen LogP contribution in [-0.2, 0) is 16.0 Å². The maximum Gasteiger partial charge on any atom is 0.250 e. The van der Waals surface area contributed by atoms with Crippen molar-refractivity contribution in [1.82, 2.24) is 10.6 Å². The van der Waals surface area contributed by atoms with Crippen LogP contribution in [0.4, 0.5) is 0 Å². The summed E-state index contributed by atoms with van der Waals surface area (Å²) in [5.41, 5.74) is 1.10. The molecule has 5 nitrogen and oxygen atoms in total. The second-order valence-corrected chi connectivity index (χ2v) is 5.94. The first-order valence-corrected chi connectivity index (χ1v) is 7.86. The fraction of sp³-hybridized carbons (Fsp3) is 0.588. The molecule has 0 aromatic heterocycles. The van der Waals surface area contributed by atoms with Crippen molar-refractivity contribution in [3.05, 3.63) is 29.8 Å². The maximum absolute atomic E-state index is 12.4. The Morgan fingerprint density at radius 1 is 1.45 bits per heavy atom. The fourth-order valence-corrected chi connectivity index (χ4v) is 2.57. The molecule has 0 radical (unpaired) electrons. The van der Waals surface area contributed by atoms with E-state index in [1.54, 1.807) is 7.11 Å². The third-order valence-electron chi connectivity index (χ3n) is 3.98. The fourth-order valence-electron chi connectivity index (χ4n) is 2.57. The number of amides is 1. The lowest BCUT2D eigenvalue weighted by Gasteiger charge is -2.28. The average Bonchev–Trinajstić information content (AvgIpc) is 2.55. The SMILES string of the molecule is COc1ccccc1CC(NC(=O)C1CNCCO1)C(C)C. The highest BCUT2D eigenvalue weighted by Gasteiger charge is 2.25. The van der Waals surface area contributed by atoms with Crippen molar-refractivity contribution in [3.8, 4) is 5.75 Å². The van der Waals surface area contributed by atoms with Gasteiger partial charge in [0.05, 0.1) is 13.7 Å². The van der Waals surface area contributed by atoms with E-state index in [-0.39, 0.29) is 11.9 Å². The number of hydrogen-bond donors (Lipinski definition) is 2.